The summed E-state index contributed by atoms with van der Waals surface area (Å²) in [5.41, 5.74) is 0.263. The monoisotopic (exact) mass is 444 g/mol. The van der Waals surface area contributed by atoms with Crippen molar-refractivity contribution in [3.63, 3.8) is 0 Å². The third-order valence-electron chi connectivity index (χ3n) is 5.65. The lowest BCUT2D eigenvalue weighted by molar-refractivity contribution is -0.129. The second-order valence-corrected chi connectivity index (χ2v) is 7.54. The minimum Gasteiger partial charge on any atom is -0.367 e. The molecule has 0 radical (unpaired) electrons. The Morgan fingerprint density at radius 1 is 1.03 bits per heavy atom. The highest BCUT2D eigenvalue weighted by molar-refractivity contribution is 5.78. The van der Waals surface area contributed by atoms with Crippen LogP contribution in [0.15, 0.2) is 46.0 Å². The number of piperazine rings is 1. The number of fused-ring (bicyclic) bond motifs is 1. The van der Waals surface area contributed by atoms with Gasteiger partial charge in [-0.15, -0.1) is 4.73 Å². The molecule has 1 fully saturated rings. The molecule has 0 aliphatic carbocycles. The van der Waals surface area contributed by atoms with Crippen molar-refractivity contribution in [1.29, 1.82) is 0 Å². The van der Waals surface area contributed by atoms with Crippen molar-refractivity contribution >= 4 is 23.1 Å². The number of halogens is 2. The van der Waals surface area contributed by atoms with E-state index in [4.69, 9.17) is 4.84 Å². The molecule has 4 rings (SSSR count). The minimum atomic E-state index is -0.718. The fourth-order valence-corrected chi connectivity index (χ4v) is 4.04. The van der Waals surface area contributed by atoms with Crippen LogP contribution in [0.25, 0.3) is 10.9 Å². The van der Waals surface area contributed by atoms with Gasteiger partial charge in [-0.3, -0.25) is 19.1 Å². The average Bonchev–Trinajstić information content (AvgIpc) is 2.78. The first-order chi connectivity index (χ1) is 15.4. The topological polar surface area (TPSA) is 76.8 Å². The molecular formula is C22H22F2N4O4. The van der Waals surface area contributed by atoms with E-state index in [0.29, 0.717) is 38.4 Å². The zero-order valence-electron chi connectivity index (χ0n) is 17.5. The van der Waals surface area contributed by atoms with Gasteiger partial charge in [-0.2, -0.15) is 0 Å². The molecule has 2 heterocycles. The lowest BCUT2D eigenvalue weighted by atomic mass is 10.1. The Morgan fingerprint density at radius 3 is 2.44 bits per heavy atom. The molecule has 168 valence electrons. The van der Waals surface area contributed by atoms with Crippen LogP contribution in [-0.4, -0.2) is 46.8 Å². The predicted molar refractivity (Wildman–Crippen MR) is 115 cm³/mol. The number of aromatic nitrogens is 2. The van der Waals surface area contributed by atoms with E-state index >= 15 is 0 Å². The van der Waals surface area contributed by atoms with E-state index in [0.717, 1.165) is 20.9 Å². The zero-order chi connectivity index (χ0) is 22.8. The van der Waals surface area contributed by atoms with Gasteiger partial charge in [-0.25, -0.2) is 13.6 Å². The van der Waals surface area contributed by atoms with Crippen LogP contribution in [0.1, 0.15) is 12.5 Å². The van der Waals surface area contributed by atoms with Gasteiger partial charge in [0.1, 0.15) is 11.6 Å². The first-order valence-electron chi connectivity index (χ1n) is 10.2. The molecule has 32 heavy (non-hydrogen) atoms. The fraction of sp³-hybridized carbons (Fsp3) is 0.318. The minimum absolute atomic E-state index is 0.145. The maximum Gasteiger partial charge on any atom is 0.365 e. The molecule has 0 N–H and O–H groups in total. The molecule has 1 saturated heterocycles. The number of rotatable bonds is 6. The number of carbonyl (C=O) groups excluding carboxylic acids is 1. The van der Waals surface area contributed by atoms with Crippen molar-refractivity contribution in [2.45, 2.75) is 20.0 Å². The van der Waals surface area contributed by atoms with E-state index in [-0.39, 0.29) is 23.9 Å². The second kappa shape index (κ2) is 8.91. The largest absolute Gasteiger partial charge is 0.367 e. The Balaban J connectivity index is 1.55. The fourth-order valence-electron chi connectivity index (χ4n) is 4.04. The van der Waals surface area contributed by atoms with Crippen molar-refractivity contribution < 1.29 is 18.4 Å². The Hall–Kier alpha value is -3.53. The molecule has 3 aromatic rings. The molecule has 0 atom stereocenters. The van der Waals surface area contributed by atoms with Gasteiger partial charge in [-0.1, -0.05) is 6.07 Å². The average molecular weight is 444 g/mol. The quantitative estimate of drug-likeness (QED) is 0.535. The summed E-state index contributed by atoms with van der Waals surface area (Å²) in [5.74, 6) is -1.19. The van der Waals surface area contributed by atoms with Gasteiger partial charge in [0, 0.05) is 45.3 Å². The molecule has 1 aromatic heterocycles. The summed E-state index contributed by atoms with van der Waals surface area (Å²) in [6.07, 6.45) is 0. The molecule has 0 bridgehead atoms. The Bertz CT molecular complexity index is 1280. The Morgan fingerprint density at radius 2 is 1.78 bits per heavy atom. The molecule has 10 heteroatoms. The second-order valence-electron chi connectivity index (χ2n) is 7.54. The third kappa shape index (κ3) is 4.01. The van der Waals surface area contributed by atoms with Crippen LogP contribution < -0.4 is 21.0 Å². The van der Waals surface area contributed by atoms with Crippen LogP contribution in [0, 0.1) is 11.6 Å². The van der Waals surface area contributed by atoms with Gasteiger partial charge in [0.15, 0.2) is 0 Å². The summed E-state index contributed by atoms with van der Waals surface area (Å²) in [7, 11) is 0. The normalized spacial score (nSPS) is 14.7. The standard InChI is InChI=1S/C22H22F2N4O4/c1-2-27-21(30)17-5-3-15(11-20(17)28(22(27)31)32-14-29)13-25-7-9-26(10-8-25)19-6-4-16(23)12-18(19)24/h3-6,11-12,14H,2,7-10,13H2,1H3. The molecule has 1 aliphatic rings. The van der Waals surface area contributed by atoms with Crippen LogP contribution in [0.3, 0.4) is 0 Å². The molecule has 0 unspecified atom stereocenters. The van der Waals surface area contributed by atoms with E-state index in [1.807, 2.05) is 4.90 Å². The van der Waals surface area contributed by atoms with Crippen molar-refractivity contribution in [2.75, 3.05) is 31.1 Å². The SMILES string of the molecule is CCn1c(=O)c2ccc(CN3CCN(c4ccc(F)cc4F)CC3)cc2n(OC=O)c1=O. The summed E-state index contributed by atoms with van der Waals surface area (Å²) in [4.78, 5) is 44.9. The summed E-state index contributed by atoms with van der Waals surface area (Å²) in [6.45, 7) is 4.90. The van der Waals surface area contributed by atoms with Gasteiger partial charge in [0.25, 0.3) is 5.56 Å². The van der Waals surface area contributed by atoms with Crippen molar-refractivity contribution in [3.05, 3.63) is 74.4 Å². The third-order valence-corrected chi connectivity index (χ3v) is 5.65. The van der Waals surface area contributed by atoms with E-state index in [1.165, 1.54) is 12.1 Å². The highest BCUT2D eigenvalue weighted by Crippen LogP contribution is 2.22. The van der Waals surface area contributed by atoms with Crippen LogP contribution in [-0.2, 0) is 17.9 Å². The zero-order valence-corrected chi connectivity index (χ0v) is 17.5. The molecule has 0 saturated carbocycles. The van der Waals surface area contributed by atoms with Crippen molar-refractivity contribution in [1.82, 2.24) is 14.2 Å². The summed E-state index contributed by atoms with van der Waals surface area (Å²) in [5, 5.41) is 0.272. The van der Waals surface area contributed by atoms with Gasteiger partial charge in [0.2, 0.25) is 0 Å². The number of benzene rings is 2. The maximum absolute atomic E-state index is 14.1. The van der Waals surface area contributed by atoms with Crippen molar-refractivity contribution in [2.24, 2.45) is 0 Å². The first kappa shape index (κ1) is 21.7. The lowest BCUT2D eigenvalue weighted by Gasteiger charge is -2.36. The van der Waals surface area contributed by atoms with E-state index in [9.17, 15) is 23.2 Å². The molecule has 8 nitrogen and oxygen atoms in total. The number of anilines is 1. The molecule has 0 amide bonds. The summed E-state index contributed by atoms with van der Waals surface area (Å²) >= 11 is 0. The van der Waals surface area contributed by atoms with Crippen LogP contribution in [0.2, 0.25) is 0 Å². The molecular weight excluding hydrogens is 422 g/mol. The summed E-state index contributed by atoms with van der Waals surface area (Å²) < 4.78 is 29.0. The molecule has 2 aromatic carbocycles. The van der Waals surface area contributed by atoms with Crippen molar-refractivity contribution in [3.8, 4) is 0 Å². The highest BCUT2D eigenvalue weighted by atomic mass is 19.1. The highest BCUT2D eigenvalue weighted by Gasteiger charge is 2.21. The van der Waals surface area contributed by atoms with Crippen LogP contribution in [0.5, 0.6) is 0 Å². The van der Waals surface area contributed by atoms with Gasteiger partial charge >= 0.3 is 12.2 Å². The van der Waals surface area contributed by atoms with Crippen LogP contribution >= 0.6 is 0 Å². The van der Waals surface area contributed by atoms with E-state index < -0.39 is 22.9 Å². The predicted octanol–water partition coefficient (Wildman–Crippen LogP) is 1.37. The number of hydrogen-bond acceptors (Lipinski definition) is 6. The Kier molecular flexibility index (Phi) is 6.04. The first-order valence-corrected chi connectivity index (χ1v) is 10.2. The van der Waals surface area contributed by atoms with E-state index in [2.05, 4.69) is 4.90 Å². The maximum atomic E-state index is 14.1. The smallest absolute Gasteiger partial charge is 0.365 e. The number of hydrogen-bond donors (Lipinski definition) is 0. The number of carbonyl (C=O) groups is 1. The lowest BCUT2D eigenvalue weighted by Crippen LogP contribution is -2.46. The number of nitrogens with zero attached hydrogens (tertiary/aromatic N) is 4. The van der Waals surface area contributed by atoms with E-state index in [1.54, 1.807) is 25.1 Å². The van der Waals surface area contributed by atoms with Gasteiger partial charge in [0.05, 0.1) is 16.6 Å². The molecule has 1 aliphatic heterocycles. The Labute approximate surface area is 181 Å². The van der Waals surface area contributed by atoms with Gasteiger partial charge < -0.3 is 9.74 Å². The van der Waals surface area contributed by atoms with Gasteiger partial charge in [-0.05, 0) is 36.8 Å². The summed E-state index contributed by atoms with van der Waals surface area (Å²) in [6, 6.07) is 8.64. The molecule has 0 spiro atoms. The van der Waals surface area contributed by atoms with Crippen LogP contribution in [0.4, 0.5) is 14.5 Å².